The topological polar surface area (TPSA) is 77.8 Å². The van der Waals surface area contributed by atoms with Crippen molar-refractivity contribution in [3.8, 4) is 11.5 Å². The van der Waals surface area contributed by atoms with Crippen molar-refractivity contribution >= 4 is 34.3 Å². The third-order valence-corrected chi connectivity index (χ3v) is 6.61. The van der Waals surface area contributed by atoms with Gasteiger partial charge in [-0.2, -0.15) is 0 Å². The Morgan fingerprint density at radius 1 is 1.00 bits per heavy atom. The Hall–Kier alpha value is -3.98. The number of halogens is 4. The van der Waals surface area contributed by atoms with Gasteiger partial charge in [-0.05, 0) is 66.4 Å². The second-order valence-electron chi connectivity index (χ2n) is 9.56. The highest BCUT2D eigenvalue weighted by atomic mass is 35.5. The van der Waals surface area contributed by atoms with Crippen LogP contribution in [0.5, 0.6) is 11.5 Å². The maximum Gasteiger partial charge on any atom is 0.573 e. The van der Waals surface area contributed by atoms with E-state index in [0.717, 1.165) is 0 Å². The van der Waals surface area contributed by atoms with Crippen molar-refractivity contribution in [3.05, 3.63) is 94.1 Å². The summed E-state index contributed by atoms with van der Waals surface area (Å²) in [4.78, 5) is 25.3. The van der Waals surface area contributed by atoms with Gasteiger partial charge < -0.3 is 19.1 Å². The van der Waals surface area contributed by atoms with E-state index in [1.807, 2.05) is 13.8 Å². The highest BCUT2D eigenvalue weighted by Gasteiger charge is 2.32. The summed E-state index contributed by atoms with van der Waals surface area (Å²) in [6.07, 6.45) is -5.66. The van der Waals surface area contributed by atoms with Crippen molar-refractivity contribution in [1.29, 1.82) is 0 Å². The smallest absolute Gasteiger partial charge is 0.479 e. The fourth-order valence-corrected chi connectivity index (χ4v) is 4.80. The van der Waals surface area contributed by atoms with E-state index in [4.69, 9.17) is 16.3 Å². The number of carbonyl (C=O) groups excluding carboxylic acids is 1. The summed E-state index contributed by atoms with van der Waals surface area (Å²) in [7, 11) is 0. The summed E-state index contributed by atoms with van der Waals surface area (Å²) in [5.74, 6) is -1.65. The van der Waals surface area contributed by atoms with Crippen LogP contribution in [0.25, 0.3) is 10.9 Å². The minimum atomic E-state index is -4.89. The number of carboxylic acid groups (broad SMARTS) is 1. The van der Waals surface area contributed by atoms with Gasteiger partial charge in [0.15, 0.2) is 11.9 Å². The highest BCUT2D eigenvalue weighted by Crippen LogP contribution is 2.37. The van der Waals surface area contributed by atoms with Crippen LogP contribution in [-0.2, 0) is 11.3 Å². The van der Waals surface area contributed by atoms with Crippen LogP contribution in [0.15, 0.2) is 66.7 Å². The lowest BCUT2D eigenvalue weighted by atomic mass is 9.96. The average molecular weight is 574 g/mol. The predicted octanol–water partition coefficient (Wildman–Crippen LogP) is 7.84. The zero-order chi connectivity index (χ0) is 29.2. The van der Waals surface area contributed by atoms with Crippen molar-refractivity contribution in [2.24, 2.45) is 0 Å². The van der Waals surface area contributed by atoms with E-state index in [1.165, 1.54) is 18.2 Å². The van der Waals surface area contributed by atoms with Crippen LogP contribution < -0.4 is 9.47 Å². The van der Waals surface area contributed by atoms with Gasteiger partial charge in [0.25, 0.3) is 0 Å². The van der Waals surface area contributed by atoms with Crippen molar-refractivity contribution in [3.63, 3.8) is 0 Å². The molecule has 0 aliphatic rings. The molecule has 0 bridgehead atoms. The summed E-state index contributed by atoms with van der Waals surface area (Å²) in [6, 6.07) is 17.1. The Balaban J connectivity index is 1.88. The minimum absolute atomic E-state index is 0.175. The Morgan fingerprint density at radius 2 is 1.70 bits per heavy atom. The van der Waals surface area contributed by atoms with Crippen LogP contribution in [0, 0.1) is 0 Å². The molecule has 0 aliphatic heterocycles. The molecule has 1 unspecified atom stereocenters. The van der Waals surface area contributed by atoms with Crippen LogP contribution in [0.3, 0.4) is 0 Å². The number of nitrogens with zero attached hydrogens (tertiary/aromatic N) is 1. The standard InChI is InChI=1S/C30H27ClF3NO5/c1-4-25(29(37)38)39-21-7-5-6-18(14-21)16-35-24-15-22(40-30(32,33)34)12-13-23(24)26(27(35)17(2)3)28(36)19-8-10-20(31)11-9-19/h5-15,17,25H,4,16H2,1-3H3,(H,37,38). The zero-order valence-electron chi connectivity index (χ0n) is 22.0. The Bertz CT molecular complexity index is 1540. The van der Waals surface area contributed by atoms with Crippen LogP contribution in [-0.4, -0.2) is 33.9 Å². The maximum absolute atomic E-state index is 13.8. The van der Waals surface area contributed by atoms with Gasteiger partial charge in [0.2, 0.25) is 0 Å². The number of benzene rings is 3. The first-order valence-electron chi connectivity index (χ1n) is 12.6. The molecule has 1 heterocycles. The number of aromatic nitrogens is 1. The molecule has 0 aliphatic carbocycles. The summed E-state index contributed by atoms with van der Waals surface area (Å²) < 4.78 is 50.8. The number of alkyl halides is 3. The van der Waals surface area contributed by atoms with Crippen molar-refractivity contribution < 1.29 is 37.3 Å². The zero-order valence-corrected chi connectivity index (χ0v) is 22.7. The first-order chi connectivity index (χ1) is 18.9. The number of hydrogen-bond donors (Lipinski definition) is 1. The normalized spacial score (nSPS) is 12.5. The molecule has 1 atom stereocenters. The Morgan fingerprint density at radius 3 is 2.30 bits per heavy atom. The second-order valence-corrected chi connectivity index (χ2v) is 10.0. The minimum Gasteiger partial charge on any atom is -0.479 e. The van der Waals surface area contributed by atoms with Gasteiger partial charge in [-0.15, -0.1) is 13.2 Å². The molecular weight excluding hydrogens is 547 g/mol. The predicted molar refractivity (Wildman–Crippen MR) is 145 cm³/mol. The number of hydrogen-bond acceptors (Lipinski definition) is 4. The second kappa shape index (κ2) is 11.6. The summed E-state index contributed by atoms with van der Waals surface area (Å²) in [6.45, 7) is 5.67. The van der Waals surface area contributed by atoms with Gasteiger partial charge in [0.05, 0.1) is 11.1 Å². The van der Waals surface area contributed by atoms with E-state index >= 15 is 0 Å². The van der Waals surface area contributed by atoms with Crippen LogP contribution in [0.2, 0.25) is 5.02 Å². The van der Waals surface area contributed by atoms with Crippen LogP contribution >= 0.6 is 11.6 Å². The molecule has 10 heteroatoms. The van der Waals surface area contributed by atoms with Gasteiger partial charge in [0.1, 0.15) is 11.5 Å². The van der Waals surface area contributed by atoms with Gasteiger partial charge in [-0.3, -0.25) is 4.79 Å². The molecule has 0 radical (unpaired) electrons. The van der Waals surface area contributed by atoms with E-state index in [-0.39, 0.29) is 24.7 Å². The number of carbonyl (C=O) groups is 2. The lowest BCUT2D eigenvalue weighted by Gasteiger charge is -2.17. The molecule has 0 saturated heterocycles. The average Bonchev–Trinajstić information content (AvgIpc) is 3.20. The Labute approximate surface area is 233 Å². The molecule has 0 saturated carbocycles. The van der Waals surface area contributed by atoms with Crippen molar-refractivity contribution in [1.82, 2.24) is 4.57 Å². The molecule has 4 aromatic rings. The molecule has 40 heavy (non-hydrogen) atoms. The van der Waals surface area contributed by atoms with Gasteiger partial charge in [-0.1, -0.05) is 44.5 Å². The molecule has 4 rings (SSSR count). The van der Waals surface area contributed by atoms with Crippen molar-refractivity contribution in [2.45, 2.75) is 52.1 Å². The van der Waals surface area contributed by atoms with E-state index in [0.29, 0.717) is 44.1 Å². The molecule has 1 aromatic heterocycles. The van der Waals surface area contributed by atoms with Crippen molar-refractivity contribution in [2.75, 3.05) is 0 Å². The van der Waals surface area contributed by atoms with E-state index < -0.39 is 24.2 Å². The fraction of sp³-hybridized carbons (Fsp3) is 0.267. The molecule has 6 nitrogen and oxygen atoms in total. The lowest BCUT2D eigenvalue weighted by Crippen LogP contribution is -2.25. The number of ketones is 1. The number of aliphatic carboxylic acids is 1. The fourth-order valence-electron chi connectivity index (χ4n) is 4.67. The van der Waals surface area contributed by atoms with E-state index in [9.17, 15) is 27.9 Å². The lowest BCUT2D eigenvalue weighted by molar-refractivity contribution is -0.274. The third kappa shape index (κ3) is 6.42. The quantitative estimate of drug-likeness (QED) is 0.196. The molecule has 0 amide bonds. The number of rotatable bonds is 10. The first-order valence-corrected chi connectivity index (χ1v) is 13.0. The summed E-state index contributed by atoms with van der Waals surface area (Å²) in [5.41, 5.74) is 2.46. The summed E-state index contributed by atoms with van der Waals surface area (Å²) >= 11 is 6.01. The number of ether oxygens (including phenoxy) is 2. The van der Waals surface area contributed by atoms with Gasteiger partial charge in [0, 0.05) is 34.3 Å². The first kappa shape index (κ1) is 29.0. The van der Waals surface area contributed by atoms with Crippen LogP contribution in [0.1, 0.15) is 60.3 Å². The number of fused-ring (bicyclic) bond motifs is 1. The molecule has 0 spiro atoms. The van der Waals surface area contributed by atoms with E-state index in [2.05, 4.69) is 4.74 Å². The largest absolute Gasteiger partial charge is 0.573 e. The maximum atomic E-state index is 13.8. The van der Waals surface area contributed by atoms with Crippen LogP contribution in [0.4, 0.5) is 13.2 Å². The SMILES string of the molecule is CCC(Oc1cccc(Cn2c(C(C)C)c(C(=O)c3ccc(Cl)cc3)c3ccc(OC(F)(F)F)cc32)c1)C(=O)O. The molecular formula is C30H27ClF3NO5. The Kier molecular flexibility index (Phi) is 8.44. The summed E-state index contributed by atoms with van der Waals surface area (Å²) in [5, 5.41) is 10.3. The molecule has 210 valence electrons. The monoisotopic (exact) mass is 573 g/mol. The number of carboxylic acids is 1. The molecule has 3 aromatic carbocycles. The van der Waals surface area contributed by atoms with Gasteiger partial charge in [-0.25, -0.2) is 4.79 Å². The highest BCUT2D eigenvalue weighted by molar-refractivity contribution is 6.30. The van der Waals surface area contributed by atoms with E-state index in [1.54, 1.807) is 60.0 Å². The van der Waals surface area contributed by atoms with Gasteiger partial charge >= 0.3 is 12.3 Å². The third-order valence-electron chi connectivity index (χ3n) is 6.35. The molecule has 1 N–H and O–H groups in total. The molecule has 0 fully saturated rings.